The lowest BCUT2D eigenvalue weighted by Gasteiger charge is -2.22. The maximum atomic E-state index is 6.57. The van der Waals surface area contributed by atoms with Crippen molar-refractivity contribution in [3.05, 3.63) is 24.3 Å². The number of ether oxygens (including phenoxy) is 7. The van der Waals surface area contributed by atoms with Crippen molar-refractivity contribution in [2.75, 3.05) is 39.6 Å². The Labute approximate surface area is 431 Å². The second-order valence-electron chi connectivity index (χ2n) is 20.3. The van der Waals surface area contributed by atoms with Crippen molar-refractivity contribution in [3.8, 4) is 0 Å². The third-order valence-corrected chi connectivity index (χ3v) is 13.2. The lowest BCUT2D eigenvalue weighted by Crippen LogP contribution is -2.25. The molecule has 7 nitrogen and oxygen atoms in total. The van der Waals surface area contributed by atoms with Gasteiger partial charge in [0.2, 0.25) is 0 Å². The van der Waals surface area contributed by atoms with Gasteiger partial charge in [-0.3, -0.25) is 0 Å². The molecule has 0 saturated heterocycles. The van der Waals surface area contributed by atoms with Crippen LogP contribution in [0.25, 0.3) is 0 Å². The van der Waals surface area contributed by atoms with E-state index in [-0.39, 0.29) is 12.6 Å². The van der Waals surface area contributed by atoms with Crippen LogP contribution in [0.5, 0.6) is 0 Å². The highest BCUT2D eigenvalue weighted by atomic mass is 16.8. The quantitative estimate of drug-likeness (QED) is 0.0342. The second-order valence-corrected chi connectivity index (χ2v) is 20.3. The molecule has 412 valence electrons. The smallest absolute Gasteiger partial charge is 0.180 e. The average molecular weight is 980 g/mol. The topological polar surface area (TPSA) is 64.6 Å². The highest BCUT2D eigenvalue weighted by molar-refractivity contribution is 4.90. The third kappa shape index (κ3) is 53.3. The van der Waals surface area contributed by atoms with Crippen LogP contribution in [-0.4, -0.2) is 64.8 Å². The van der Waals surface area contributed by atoms with E-state index in [1.165, 1.54) is 167 Å². The van der Waals surface area contributed by atoms with E-state index >= 15 is 0 Å². The molecule has 2 unspecified atom stereocenters. The molecule has 0 rings (SSSR count). The van der Waals surface area contributed by atoms with E-state index in [0.717, 1.165) is 129 Å². The number of rotatable bonds is 60. The second kappa shape index (κ2) is 59.8. The SMILES string of the molecule is CCCCCCCCCOC(CCCCC=CC(OCCCCC)OC(C=CCCCCC(OCCCCCCCCC)OCCCCCCCCC)OCCCCC)OCCCCCCCCC. The fourth-order valence-corrected chi connectivity index (χ4v) is 8.60. The summed E-state index contributed by atoms with van der Waals surface area (Å²) in [6, 6.07) is 0. The highest BCUT2D eigenvalue weighted by Crippen LogP contribution is 2.18. The molecule has 0 radical (unpaired) electrons. The molecule has 0 saturated carbocycles. The Hall–Kier alpha value is -0.800. The Morgan fingerprint density at radius 1 is 0.246 bits per heavy atom. The molecule has 0 N–H and O–H groups in total. The molecular formula is C62H122O7. The number of hydrogen-bond donors (Lipinski definition) is 0. The first-order valence-electron chi connectivity index (χ1n) is 30.8. The highest BCUT2D eigenvalue weighted by Gasteiger charge is 2.15. The zero-order chi connectivity index (χ0) is 50.0. The van der Waals surface area contributed by atoms with Crippen molar-refractivity contribution in [2.24, 2.45) is 0 Å². The van der Waals surface area contributed by atoms with Crippen molar-refractivity contribution in [1.29, 1.82) is 0 Å². The molecule has 0 aromatic rings. The average Bonchev–Trinajstić information content (AvgIpc) is 3.36. The van der Waals surface area contributed by atoms with Crippen LogP contribution >= 0.6 is 0 Å². The summed E-state index contributed by atoms with van der Waals surface area (Å²) in [5.74, 6) is 0. The van der Waals surface area contributed by atoms with Gasteiger partial charge in [0.05, 0.1) is 13.2 Å². The first-order valence-corrected chi connectivity index (χ1v) is 30.8. The molecule has 69 heavy (non-hydrogen) atoms. The molecule has 0 spiro atoms. The van der Waals surface area contributed by atoms with Crippen molar-refractivity contribution in [3.63, 3.8) is 0 Å². The zero-order valence-electron chi connectivity index (χ0n) is 47.4. The Morgan fingerprint density at radius 3 is 0.768 bits per heavy atom. The van der Waals surface area contributed by atoms with Crippen LogP contribution in [0.2, 0.25) is 0 Å². The molecular weight excluding hydrogens is 857 g/mol. The largest absolute Gasteiger partial charge is 0.353 e. The predicted octanol–water partition coefficient (Wildman–Crippen LogP) is 20.0. The molecule has 0 aliphatic rings. The monoisotopic (exact) mass is 979 g/mol. The molecule has 7 heteroatoms. The zero-order valence-corrected chi connectivity index (χ0v) is 47.4. The third-order valence-electron chi connectivity index (χ3n) is 13.2. The first-order chi connectivity index (χ1) is 34.1. The van der Waals surface area contributed by atoms with Crippen LogP contribution in [-0.2, 0) is 33.2 Å². The van der Waals surface area contributed by atoms with Gasteiger partial charge in [0.25, 0.3) is 0 Å². The minimum atomic E-state index is -0.436. The van der Waals surface area contributed by atoms with E-state index in [2.05, 4.69) is 65.8 Å². The lowest BCUT2D eigenvalue weighted by molar-refractivity contribution is -0.208. The maximum absolute atomic E-state index is 6.57. The molecule has 0 aliphatic carbocycles. The minimum Gasteiger partial charge on any atom is -0.353 e. The van der Waals surface area contributed by atoms with Crippen LogP contribution < -0.4 is 0 Å². The summed E-state index contributed by atoms with van der Waals surface area (Å²) in [6.45, 7) is 18.2. The molecule has 0 fully saturated rings. The van der Waals surface area contributed by atoms with Gasteiger partial charge in [-0.2, -0.15) is 0 Å². The summed E-state index contributed by atoms with van der Waals surface area (Å²) >= 11 is 0. The normalized spacial score (nSPS) is 13.1. The van der Waals surface area contributed by atoms with Crippen LogP contribution in [0, 0.1) is 0 Å². The van der Waals surface area contributed by atoms with Crippen molar-refractivity contribution in [1.82, 2.24) is 0 Å². The maximum Gasteiger partial charge on any atom is 0.180 e. The molecule has 0 amide bonds. The van der Waals surface area contributed by atoms with E-state index in [1.807, 2.05) is 0 Å². The van der Waals surface area contributed by atoms with Gasteiger partial charge < -0.3 is 33.2 Å². The predicted molar refractivity (Wildman–Crippen MR) is 298 cm³/mol. The van der Waals surface area contributed by atoms with E-state index in [4.69, 9.17) is 33.2 Å². The van der Waals surface area contributed by atoms with Gasteiger partial charge in [-0.1, -0.05) is 233 Å². The minimum absolute atomic E-state index is 0.0907. The molecule has 0 bridgehead atoms. The first kappa shape index (κ1) is 68.2. The Kier molecular flexibility index (Phi) is 59.1. The van der Waals surface area contributed by atoms with E-state index < -0.39 is 12.6 Å². The Morgan fingerprint density at radius 2 is 0.478 bits per heavy atom. The number of unbranched alkanes of at least 4 members (excludes halogenated alkanes) is 32. The summed E-state index contributed by atoms with van der Waals surface area (Å²) < 4.78 is 44.7. The van der Waals surface area contributed by atoms with Crippen molar-refractivity contribution < 1.29 is 33.2 Å². The van der Waals surface area contributed by atoms with E-state index in [1.54, 1.807) is 0 Å². The van der Waals surface area contributed by atoms with Crippen LogP contribution in [0.4, 0.5) is 0 Å². The van der Waals surface area contributed by atoms with Gasteiger partial charge in [0.1, 0.15) is 0 Å². The van der Waals surface area contributed by atoms with Crippen LogP contribution in [0.3, 0.4) is 0 Å². The molecule has 2 atom stereocenters. The number of hydrogen-bond acceptors (Lipinski definition) is 7. The molecule has 0 aromatic carbocycles. The number of allylic oxidation sites excluding steroid dienone is 2. The fourth-order valence-electron chi connectivity index (χ4n) is 8.60. The summed E-state index contributed by atoms with van der Waals surface area (Å²) in [6.07, 6.45) is 59.0. The van der Waals surface area contributed by atoms with Gasteiger partial charge in [-0.05, 0) is 102 Å². The van der Waals surface area contributed by atoms with E-state index in [9.17, 15) is 0 Å². The van der Waals surface area contributed by atoms with Gasteiger partial charge in [-0.15, -0.1) is 0 Å². The van der Waals surface area contributed by atoms with Gasteiger partial charge in [0, 0.05) is 26.4 Å². The summed E-state index contributed by atoms with van der Waals surface area (Å²) in [5, 5.41) is 0. The summed E-state index contributed by atoms with van der Waals surface area (Å²) in [7, 11) is 0. The summed E-state index contributed by atoms with van der Waals surface area (Å²) in [4.78, 5) is 0. The van der Waals surface area contributed by atoms with Gasteiger partial charge in [-0.25, -0.2) is 0 Å². The lowest BCUT2D eigenvalue weighted by atomic mass is 10.1. The van der Waals surface area contributed by atoms with Crippen LogP contribution in [0.15, 0.2) is 24.3 Å². The fraction of sp³-hybridized carbons (Fsp3) is 0.935. The standard InChI is InChI=1S/C62H122O7/c1-7-13-19-23-27-35-45-55-63-59(64-56-46-36-28-24-20-14-8-2)49-39-31-33-41-51-61(67-53-43-17-11-5)69-62(68-54-44-18-12-6)52-42-34-32-40-50-60(65-57-47-37-29-25-21-15-9-3)66-58-48-38-30-26-22-16-10-4/h41-42,51-52,59-62H,7-40,43-50,53-58H2,1-6H3. The Balaban J connectivity index is 5.24. The van der Waals surface area contributed by atoms with Gasteiger partial charge >= 0.3 is 0 Å². The van der Waals surface area contributed by atoms with Crippen molar-refractivity contribution in [2.45, 2.75) is 336 Å². The van der Waals surface area contributed by atoms with Gasteiger partial charge in [0.15, 0.2) is 25.2 Å². The van der Waals surface area contributed by atoms with Crippen molar-refractivity contribution >= 4 is 0 Å². The molecule has 0 aromatic heterocycles. The van der Waals surface area contributed by atoms with Crippen LogP contribution in [0.1, 0.15) is 311 Å². The van der Waals surface area contributed by atoms with E-state index in [0.29, 0.717) is 13.2 Å². The summed E-state index contributed by atoms with van der Waals surface area (Å²) in [5.41, 5.74) is 0. The molecule has 0 heterocycles. The molecule has 0 aliphatic heterocycles. The Bertz CT molecular complexity index is 874.